The monoisotopic (exact) mass is 596 g/mol. The van der Waals surface area contributed by atoms with Gasteiger partial charge in [0.05, 0.1) is 13.2 Å². The number of carbonyl (C=O) groups excluding carboxylic acids is 1. The van der Waals surface area contributed by atoms with Crippen molar-refractivity contribution in [2.75, 3.05) is 6.61 Å². The number of aldehydes is 1. The summed E-state index contributed by atoms with van der Waals surface area (Å²) in [7, 11) is -2.97. The molecule has 4 aromatic carbocycles. The molecule has 0 aliphatic carbocycles. The molecule has 0 spiro atoms. The average molecular weight is 597 g/mol. The smallest absolute Gasteiger partial charge is 0.261 e. The van der Waals surface area contributed by atoms with Crippen LogP contribution >= 0.6 is 0 Å². The van der Waals surface area contributed by atoms with Gasteiger partial charge in [0.2, 0.25) is 0 Å². The minimum absolute atomic E-state index is 0.00762. The highest BCUT2D eigenvalue weighted by atomic mass is 28.4. The van der Waals surface area contributed by atoms with E-state index in [0.717, 1.165) is 33.0 Å². The standard InChI is InChI=1S/C36H40O6Si/c1-34(2,3)43(29-16-8-6-9-17-29,30-18-10-7-11-19-30)39-25-36(24-37)32(31-33(42-36)41-35(4,5)40-31)38-23-26-20-21-27-14-12-13-15-28(27)22-26/h6-22,24,31-33H,23,25H2,1-5H3/t31-,32+,33+,36-/m1/s1. The topological polar surface area (TPSA) is 63.2 Å². The van der Waals surface area contributed by atoms with Crippen LogP contribution in [0.25, 0.3) is 10.8 Å². The van der Waals surface area contributed by atoms with E-state index >= 15 is 0 Å². The first-order valence-electron chi connectivity index (χ1n) is 14.9. The number of benzene rings is 4. The lowest BCUT2D eigenvalue weighted by Gasteiger charge is -2.45. The van der Waals surface area contributed by atoms with Crippen molar-refractivity contribution in [2.24, 2.45) is 0 Å². The maximum absolute atomic E-state index is 13.2. The lowest BCUT2D eigenvalue weighted by Crippen LogP contribution is -2.68. The lowest BCUT2D eigenvalue weighted by molar-refractivity contribution is -0.242. The molecule has 2 saturated heterocycles. The first kappa shape index (κ1) is 29.9. The summed E-state index contributed by atoms with van der Waals surface area (Å²) in [5.41, 5.74) is -0.441. The zero-order valence-electron chi connectivity index (χ0n) is 25.5. The molecule has 224 valence electrons. The van der Waals surface area contributed by atoms with Crippen LogP contribution in [-0.2, 0) is 34.8 Å². The van der Waals surface area contributed by atoms with Crippen molar-refractivity contribution in [2.45, 2.75) is 76.1 Å². The summed E-state index contributed by atoms with van der Waals surface area (Å²) >= 11 is 0. The van der Waals surface area contributed by atoms with Gasteiger partial charge in [0, 0.05) is 0 Å². The van der Waals surface area contributed by atoms with E-state index < -0.39 is 38.2 Å². The number of ether oxygens (including phenoxy) is 4. The molecule has 2 aliphatic rings. The zero-order valence-corrected chi connectivity index (χ0v) is 26.5. The quantitative estimate of drug-likeness (QED) is 0.181. The van der Waals surface area contributed by atoms with Gasteiger partial charge in [-0.3, -0.25) is 4.79 Å². The summed E-state index contributed by atoms with van der Waals surface area (Å²) < 4.78 is 32.7. The minimum atomic E-state index is -2.97. The fourth-order valence-corrected chi connectivity index (χ4v) is 11.2. The molecule has 0 unspecified atom stereocenters. The largest absolute Gasteiger partial charge is 0.404 e. The highest BCUT2D eigenvalue weighted by Crippen LogP contribution is 2.45. The molecule has 7 heteroatoms. The van der Waals surface area contributed by atoms with Crippen LogP contribution in [0.4, 0.5) is 0 Å². The van der Waals surface area contributed by atoms with Gasteiger partial charge >= 0.3 is 0 Å². The second-order valence-electron chi connectivity index (χ2n) is 13.0. The van der Waals surface area contributed by atoms with Gasteiger partial charge in [0.25, 0.3) is 8.32 Å². The summed E-state index contributed by atoms with van der Waals surface area (Å²) in [5, 5.41) is 4.25. The van der Waals surface area contributed by atoms with Crippen molar-refractivity contribution in [3.05, 3.63) is 109 Å². The van der Waals surface area contributed by atoms with E-state index in [0.29, 0.717) is 0 Å². The van der Waals surface area contributed by atoms with Crippen molar-refractivity contribution < 1.29 is 28.2 Å². The maximum atomic E-state index is 13.2. The van der Waals surface area contributed by atoms with Crippen molar-refractivity contribution in [3.63, 3.8) is 0 Å². The van der Waals surface area contributed by atoms with E-state index in [1.807, 2.05) is 68.4 Å². The third kappa shape index (κ3) is 5.50. The predicted molar refractivity (Wildman–Crippen MR) is 170 cm³/mol. The number of hydrogen-bond acceptors (Lipinski definition) is 6. The minimum Gasteiger partial charge on any atom is -0.404 e. The second kappa shape index (κ2) is 11.4. The lowest BCUT2D eigenvalue weighted by atomic mass is 9.97. The van der Waals surface area contributed by atoms with E-state index in [2.05, 4.69) is 69.3 Å². The van der Waals surface area contributed by atoms with Crippen LogP contribution in [0.3, 0.4) is 0 Å². The molecule has 0 N–H and O–H groups in total. The van der Waals surface area contributed by atoms with E-state index in [4.69, 9.17) is 23.4 Å². The Morgan fingerprint density at radius 1 is 0.791 bits per heavy atom. The fourth-order valence-electron chi connectivity index (χ4n) is 6.59. The third-order valence-corrected chi connectivity index (χ3v) is 13.6. The summed E-state index contributed by atoms with van der Waals surface area (Å²) in [6.07, 6.45) is -1.28. The molecule has 2 fully saturated rings. The van der Waals surface area contributed by atoms with Crippen LogP contribution in [0.2, 0.25) is 5.04 Å². The van der Waals surface area contributed by atoms with Gasteiger partial charge in [-0.25, -0.2) is 0 Å². The van der Waals surface area contributed by atoms with Crippen LogP contribution in [0.15, 0.2) is 103 Å². The molecule has 0 radical (unpaired) electrons. The molecular formula is C36H40O6Si. The molecule has 43 heavy (non-hydrogen) atoms. The van der Waals surface area contributed by atoms with Gasteiger partial charge in [-0.1, -0.05) is 118 Å². The van der Waals surface area contributed by atoms with Gasteiger partial charge < -0.3 is 23.4 Å². The number of fused-ring (bicyclic) bond motifs is 2. The van der Waals surface area contributed by atoms with Crippen molar-refractivity contribution in [3.8, 4) is 0 Å². The van der Waals surface area contributed by atoms with Gasteiger partial charge in [-0.05, 0) is 51.7 Å². The molecule has 4 aromatic rings. The summed E-state index contributed by atoms with van der Waals surface area (Å²) in [4.78, 5) is 13.2. The summed E-state index contributed by atoms with van der Waals surface area (Å²) in [5.74, 6) is -0.867. The Morgan fingerprint density at radius 2 is 1.40 bits per heavy atom. The molecule has 0 saturated carbocycles. The van der Waals surface area contributed by atoms with Crippen molar-refractivity contribution in [1.29, 1.82) is 0 Å². The van der Waals surface area contributed by atoms with Crippen molar-refractivity contribution >= 4 is 35.7 Å². The van der Waals surface area contributed by atoms with Crippen LogP contribution < -0.4 is 10.4 Å². The zero-order chi connectivity index (χ0) is 30.3. The maximum Gasteiger partial charge on any atom is 0.261 e. The Morgan fingerprint density at radius 3 is 2.00 bits per heavy atom. The first-order valence-corrected chi connectivity index (χ1v) is 16.8. The van der Waals surface area contributed by atoms with Crippen molar-refractivity contribution in [1.82, 2.24) is 0 Å². The molecule has 0 aromatic heterocycles. The molecule has 4 atom stereocenters. The van der Waals surface area contributed by atoms with E-state index in [1.54, 1.807) is 0 Å². The van der Waals surface area contributed by atoms with Crippen LogP contribution in [0.5, 0.6) is 0 Å². The van der Waals surface area contributed by atoms with Gasteiger partial charge in [-0.15, -0.1) is 0 Å². The van der Waals surface area contributed by atoms with Gasteiger partial charge in [-0.2, -0.15) is 0 Å². The van der Waals surface area contributed by atoms with Crippen LogP contribution in [0.1, 0.15) is 40.2 Å². The molecule has 2 heterocycles. The molecule has 2 aliphatic heterocycles. The Bertz CT molecular complexity index is 1530. The van der Waals surface area contributed by atoms with E-state index in [9.17, 15) is 4.79 Å². The van der Waals surface area contributed by atoms with Crippen LogP contribution in [-0.4, -0.2) is 51.1 Å². The summed E-state index contributed by atoms with van der Waals surface area (Å²) in [6.45, 7) is 10.6. The molecule has 6 nitrogen and oxygen atoms in total. The highest BCUT2D eigenvalue weighted by Gasteiger charge is 2.64. The number of carbonyl (C=O) groups is 1. The Kier molecular flexibility index (Phi) is 7.92. The molecule has 0 amide bonds. The molecule has 0 bridgehead atoms. The SMILES string of the molecule is CC1(C)O[C@H]2O[C@](C=O)(CO[Si](c3ccccc3)(c3ccccc3)C(C)(C)C)[C@@H](OCc3ccc4ccccc4c3)[C@H]2O1. The van der Waals surface area contributed by atoms with Gasteiger partial charge in [0.15, 0.2) is 24.0 Å². The number of hydrogen-bond donors (Lipinski definition) is 0. The Labute approximate surface area is 255 Å². The Hall–Kier alpha value is -3.17. The molecular weight excluding hydrogens is 556 g/mol. The average Bonchev–Trinajstić information content (AvgIpc) is 3.44. The van der Waals surface area contributed by atoms with Crippen LogP contribution in [0, 0.1) is 0 Å². The predicted octanol–water partition coefficient (Wildman–Crippen LogP) is 5.75. The Balaban J connectivity index is 1.36. The fraction of sp³-hybridized carbons (Fsp3) is 0.361. The van der Waals surface area contributed by atoms with E-state index in [-0.39, 0.29) is 18.3 Å². The third-order valence-electron chi connectivity index (χ3n) is 8.58. The second-order valence-corrected chi connectivity index (χ2v) is 17.3. The normalized spacial score (nSPS) is 25.1. The highest BCUT2D eigenvalue weighted by molar-refractivity contribution is 6.99. The van der Waals surface area contributed by atoms with Gasteiger partial charge in [0.1, 0.15) is 12.2 Å². The first-order chi connectivity index (χ1) is 20.6. The molecule has 6 rings (SSSR count). The van der Waals surface area contributed by atoms with E-state index in [1.165, 1.54) is 0 Å². The number of rotatable bonds is 9. The summed E-state index contributed by atoms with van der Waals surface area (Å²) in [6, 6.07) is 35.2.